The zero-order valence-electron chi connectivity index (χ0n) is 12.7. The minimum atomic E-state index is -0.136. The summed E-state index contributed by atoms with van der Waals surface area (Å²) < 4.78 is 0. The van der Waals surface area contributed by atoms with Gasteiger partial charge < -0.3 is 10.2 Å². The van der Waals surface area contributed by atoms with Crippen LogP contribution in [0.5, 0.6) is 0 Å². The van der Waals surface area contributed by atoms with E-state index in [9.17, 15) is 9.59 Å². The van der Waals surface area contributed by atoms with Gasteiger partial charge in [-0.1, -0.05) is 36.4 Å². The molecule has 3 rings (SSSR count). The van der Waals surface area contributed by atoms with Crippen LogP contribution in [0.4, 0.5) is 0 Å². The lowest BCUT2D eigenvalue weighted by Crippen LogP contribution is -2.31. The van der Waals surface area contributed by atoms with E-state index in [4.69, 9.17) is 0 Å². The zero-order chi connectivity index (χ0) is 15.7. The van der Waals surface area contributed by atoms with Crippen molar-refractivity contribution in [1.29, 1.82) is 0 Å². The number of carbonyl (C=O) groups excluding carboxylic acids is 2. The van der Waals surface area contributed by atoms with Crippen LogP contribution in [0.1, 0.15) is 26.3 Å². The molecule has 0 heterocycles. The molecule has 0 atom stereocenters. The summed E-state index contributed by atoms with van der Waals surface area (Å²) in [4.78, 5) is 26.9. The number of hydrogen-bond donors (Lipinski definition) is 1. The van der Waals surface area contributed by atoms with Crippen LogP contribution >= 0.6 is 0 Å². The Morgan fingerprint density at radius 3 is 2.41 bits per heavy atom. The fraction of sp³-hybridized carbons (Fsp3) is 0.222. The van der Waals surface area contributed by atoms with Gasteiger partial charge in [0, 0.05) is 35.3 Å². The van der Waals surface area contributed by atoms with Crippen molar-refractivity contribution < 1.29 is 9.59 Å². The highest BCUT2D eigenvalue weighted by atomic mass is 16.1. The summed E-state index contributed by atoms with van der Waals surface area (Å²) in [6.45, 7) is 1.35. The highest BCUT2D eigenvalue weighted by Crippen LogP contribution is 2.38. The molecule has 0 saturated carbocycles. The number of hydrogen-bond acceptors (Lipinski definition) is 3. The normalized spacial score (nSPS) is 12.2. The van der Waals surface area contributed by atoms with Crippen LogP contribution in [0, 0.1) is 0 Å². The fourth-order valence-corrected chi connectivity index (χ4v) is 2.75. The van der Waals surface area contributed by atoms with Crippen molar-refractivity contribution in [2.45, 2.75) is 0 Å². The monoisotopic (exact) mass is 294 g/mol. The molecular weight excluding hydrogens is 276 g/mol. The summed E-state index contributed by atoms with van der Waals surface area (Å²) in [5, 5.41) is 2.91. The van der Waals surface area contributed by atoms with Crippen LogP contribution in [-0.4, -0.2) is 43.8 Å². The highest BCUT2D eigenvalue weighted by molar-refractivity contribution is 6.24. The number of ketones is 1. The largest absolute Gasteiger partial charge is 0.351 e. The van der Waals surface area contributed by atoms with Crippen LogP contribution in [0.25, 0.3) is 11.1 Å². The van der Waals surface area contributed by atoms with E-state index >= 15 is 0 Å². The number of fused-ring (bicyclic) bond motifs is 3. The molecule has 1 amide bonds. The first-order valence-electron chi connectivity index (χ1n) is 7.29. The quantitative estimate of drug-likeness (QED) is 0.802. The Bertz CT molecular complexity index is 751. The molecule has 4 nitrogen and oxygen atoms in total. The smallest absolute Gasteiger partial charge is 0.251 e. The van der Waals surface area contributed by atoms with E-state index in [1.54, 1.807) is 18.2 Å². The molecule has 0 aliphatic heterocycles. The van der Waals surface area contributed by atoms with Gasteiger partial charge in [0.2, 0.25) is 0 Å². The second-order valence-corrected chi connectivity index (χ2v) is 5.66. The van der Waals surface area contributed by atoms with Gasteiger partial charge in [-0.15, -0.1) is 0 Å². The number of amides is 1. The van der Waals surface area contributed by atoms with Crippen molar-refractivity contribution in [3.63, 3.8) is 0 Å². The molecule has 0 radical (unpaired) electrons. The first-order chi connectivity index (χ1) is 10.6. The van der Waals surface area contributed by atoms with Crippen LogP contribution in [0.15, 0.2) is 42.5 Å². The third kappa shape index (κ3) is 2.42. The van der Waals surface area contributed by atoms with Crippen LogP contribution in [0.2, 0.25) is 0 Å². The molecule has 4 heteroatoms. The number of nitrogens with one attached hydrogen (secondary N) is 1. The molecule has 1 aliphatic rings. The average molecular weight is 294 g/mol. The van der Waals surface area contributed by atoms with Gasteiger partial charge in [-0.05, 0) is 25.7 Å². The molecule has 0 fully saturated rings. The Kier molecular flexibility index (Phi) is 3.77. The lowest BCUT2D eigenvalue weighted by molar-refractivity contribution is 0.0951. The summed E-state index contributed by atoms with van der Waals surface area (Å²) in [7, 11) is 3.92. The Labute approximate surface area is 129 Å². The molecule has 0 spiro atoms. The highest BCUT2D eigenvalue weighted by Gasteiger charge is 2.29. The molecule has 2 aromatic carbocycles. The third-order valence-corrected chi connectivity index (χ3v) is 3.84. The summed E-state index contributed by atoms with van der Waals surface area (Å²) in [5.74, 6) is -0.142. The summed E-state index contributed by atoms with van der Waals surface area (Å²) in [5.41, 5.74) is 3.45. The molecule has 0 unspecified atom stereocenters. The SMILES string of the molecule is CN(C)CCNC(=O)c1cccc2c1-c1ccccc1C2=O. The maximum Gasteiger partial charge on any atom is 0.251 e. The maximum atomic E-state index is 12.5. The first kappa shape index (κ1) is 14.5. The van der Waals surface area contributed by atoms with E-state index in [0.717, 1.165) is 17.7 Å². The van der Waals surface area contributed by atoms with E-state index in [1.165, 1.54) is 0 Å². The average Bonchev–Trinajstić information content (AvgIpc) is 2.81. The van der Waals surface area contributed by atoms with Crippen molar-refractivity contribution in [2.24, 2.45) is 0 Å². The standard InChI is InChI=1S/C18H18N2O2/c1-20(2)11-10-19-18(22)15-9-5-8-14-16(15)12-6-3-4-7-13(12)17(14)21/h3-9H,10-11H2,1-2H3,(H,19,22). The molecule has 22 heavy (non-hydrogen) atoms. The van der Waals surface area contributed by atoms with Crippen molar-refractivity contribution in [3.8, 4) is 11.1 Å². The Hall–Kier alpha value is -2.46. The van der Waals surface area contributed by atoms with Crippen LogP contribution in [-0.2, 0) is 0 Å². The third-order valence-electron chi connectivity index (χ3n) is 3.84. The Morgan fingerprint density at radius 2 is 1.68 bits per heavy atom. The van der Waals surface area contributed by atoms with Gasteiger partial charge in [-0.2, -0.15) is 0 Å². The van der Waals surface area contributed by atoms with Crippen molar-refractivity contribution in [1.82, 2.24) is 10.2 Å². The molecule has 112 valence electrons. The van der Waals surface area contributed by atoms with Gasteiger partial charge in [-0.3, -0.25) is 9.59 Å². The van der Waals surface area contributed by atoms with Crippen molar-refractivity contribution in [2.75, 3.05) is 27.2 Å². The molecular formula is C18H18N2O2. The molecule has 1 aliphatic carbocycles. The van der Waals surface area contributed by atoms with E-state index in [1.807, 2.05) is 43.3 Å². The number of benzene rings is 2. The van der Waals surface area contributed by atoms with E-state index < -0.39 is 0 Å². The summed E-state index contributed by atoms with van der Waals surface area (Å²) in [6.07, 6.45) is 0. The van der Waals surface area contributed by atoms with Gasteiger partial charge in [0.05, 0.1) is 0 Å². The lowest BCUT2D eigenvalue weighted by Gasteiger charge is -2.12. The maximum absolute atomic E-state index is 12.5. The second kappa shape index (κ2) is 5.73. The minimum absolute atomic E-state index is 0.00598. The Morgan fingerprint density at radius 1 is 1.00 bits per heavy atom. The number of likely N-dealkylation sites (N-methyl/N-ethyl adjacent to an activating group) is 1. The van der Waals surface area contributed by atoms with E-state index in [-0.39, 0.29) is 11.7 Å². The van der Waals surface area contributed by atoms with Gasteiger partial charge in [-0.25, -0.2) is 0 Å². The number of nitrogens with zero attached hydrogens (tertiary/aromatic N) is 1. The van der Waals surface area contributed by atoms with Crippen molar-refractivity contribution in [3.05, 3.63) is 59.2 Å². The molecule has 0 bridgehead atoms. The first-order valence-corrected chi connectivity index (χ1v) is 7.29. The molecule has 0 aromatic heterocycles. The van der Waals surface area contributed by atoms with Gasteiger partial charge in [0.25, 0.3) is 5.91 Å². The topological polar surface area (TPSA) is 49.4 Å². The van der Waals surface area contributed by atoms with E-state index in [2.05, 4.69) is 5.32 Å². The predicted octanol–water partition coefficient (Wildman–Crippen LogP) is 2.19. The molecule has 2 aromatic rings. The number of carbonyl (C=O) groups is 2. The van der Waals surface area contributed by atoms with Crippen LogP contribution in [0.3, 0.4) is 0 Å². The Balaban J connectivity index is 1.97. The van der Waals surface area contributed by atoms with Gasteiger partial charge in [0.15, 0.2) is 5.78 Å². The van der Waals surface area contributed by atoms with Crippen molar-refractivity contribution >= 4 is 11.7 Å². The van der Waals surface area contributed by atoms with Gasteiger partial charge >= 0.3 is 0 Å². The minimum Gasteiger partial charge on any atom is -0.351 e. The predicted molar refractivity (Wildman–Crippen MR) is 86.2 cm³/mol. The summed E-state index contributed by atoms with van der Waals surface area (Å²) in [6, 6.07) is 12.8. The number of rotatable bonds is 4. The van der Waals surface area contributed by atoms with E-state index in [0.29, 0.717) is 23.2 Å². The zero-order valence-corrected chi connectivity index (χ0v) is 12.7. The van der Waals surface area contributed by atoms with Gasteiger partial charge in [0.1, 0.15) is 0 Å². The molecule has 0 saturated heterocycles. The second-order valence-electron chi connectivity index (χ2n) is 5.66. The molecule has 1 N–H and O–H groups in total. The lowest BCUT2D eigenvalue weighted by atomic mass is 9.99. The van der Waals surface area contributed by atoms with Crippen LogP contribution < -0.4 is 5.32 Å². The fourth-order valence-electron chi connectivity index (χ4n) is 2.75. The summed E-state index contributed by atoms with van der Waals surface area (Å²) >= 11 is 0.